The summed E-state index contributed by atoms with van der Waals surface area (Å²) in [5.41, 5.74) is 2.10. The van der Waals surface area contributed by atoms with Gasteiger partial charge in [0.15, 0.2) is 10.9 Å². The monoisotopic (exact) mass is 420 g/mol. The molecule has 0 aliphatic heterocycles. The van der Waals surface area contributed by atoms with Gasteiger partial charge in [0.1, 0.15) is 11.3 Å². The standard InChI is InChI=1S/C22H20N4O3S/c1-3-10-26-21(19-12-15-6-4-5-7-18(15)29-19)24-25-22(26)30-13-20(28)23-16-11-14(2)8-9-17(16)27/h3-9,11-12,27H,1,10,13H2,2H3,(H,23,28). The van der Waals surface area contributed by atoms with E-state index in [1.165, 1.54) is 11.8 Å². The lowest BCUT2D eigenvalue weighted by Gasteiger charge is -2.09. The number of rotatable bonds is 7. The fourth-order valence-corrected chi connectivity index (χ4v) is 3.78. The van der Waals surface area contributed by atoms with Gasteiger partial charge in [-0.05, 0) is 36.8 Å². The zero-order valence-corrected chi connectivity index (χ0v) is 17.1. The highest BCUT2D eigenvalue weighted by atomic mass is 32.2. The lowest BCUT2D eigenvalue weighted by Crippen LogP contribution is -2.15. The molecule has 2 N–H and O–H groups in total. The summed E-state index contributed by atoms with van der Waals surface area (Å²) >= 11 is 1.25. The van der Waals surface area contributed by atoms with E-state index in [1.54, 1.807) is 24.3 Å². The van der Waals surface area contributed by atoms with Crippen LogP contribution in [0.5, 0.6) is 5.75 Å². The van der Waals surface area contributed by atoms with Gasteiger partial charge in [0.2, 0.25) is 11.7 Å². The number of anilines is 1. The van der Waals surface area contributed by atoms with Gasteiger partial charge in [0.25, 0.3) is 0 Å². The summed E-state index contributed by atoms with van der Waals surface area (Å²) in [4.78, 5) is 12.4. The van der Waals surface area contributed by atoms with Crippen LogP contribution in [0.2, 0.25) is 0 Å². The lowest BCUT2D eigenvalue weighted by molar-refractivity contribution is -0.113. The molecule has 7 nitrogen and oxygen atoms in total. The number of allylic oxidation sites excluding steroid dienone is 1. The van der Waals surface area contributed by atoms with Crippen molar-refractivity contribution in [3.8, 4) is 17.3 Å². The molecule has 2 aromatic heterocycles. The SMILES string of the molecule is C=CCn1c(SCC(=O)Nc2cc(C)ccc2O)nnc1-c1cc2ccccc2o1. The van der Waals surface area contributed by atoms with Gasteiger partial charge >= 0.3 is 0 Å². The Morgan fingerprint density at radius 2 is 2.10 bits per heavy atom. The minimum atomic E-state index is -0.251. The van der Waals surface area contributed by atoms with Crippen molar-refractivity contribution in [2.45, 2.75) is 18.6 Å². The van der Waals surface area contributed by atoms with E-state index in [4.69, 9.17) is 4.42 Å². The van der Waals surface area contributed by atoms with Crippen molar-refractivity contribution in [1.29, 1.82) is 0 Å². The Morgan fingerprint density at radius 1 is 1.27 bits per heavy atom. The van der Waals surface area contributed by atoms with E-state index >= 15 is 0 Å². The maximum absolute atomic E-state index is 12.4. The van der Waals surface area contributed by atoms with Crippen LogP contribution in [0.3, 0.4) is 0 Å². The Morgan fingerprint density at radius 3 is 2.90 bits per heavy atom. The zero-order valence-electron chi connectivity index (χ0n) is 16.3. The van der Waals surface area contributed by atoms with Crippen LogP contribution in [-0.4, -0.2) is 31.5 Å². The minimum absolute atomic E-state index is 0.0287. The molecule has 0 bridgehead atoms. The minimum Gasteiger partial charge on any atom is -0.506 e. The molecule has 0 aliphatic carbocycles. The van der Waals surface area contributed by atoms with Gasteiger partial charge in [-0.1, -0.05) is 42.1 Å². The van der Waals surface area contributed by atoms with E-state index in [2.05, 4.69) is 22.1 Å². The van der Waals surface area contributed by atoms with Crippen LogP contribution in [0.15, 0.2) is 70.8 Å². The van der Waals surface area contributed by atoms with Crippen LogP contribution in [0, 0.1) is 6.92 Å². The second-order valence-corrected chi connectivity index (χ2v) is 7.65. The van der Waals surface area contributed by atoms with Crippen molar-refractivity contribution in [1.82, 2.24) is 14.8 Å². The van der Waals surface area contributed by atoms with Crippen LogP contribution in [0.4, 0.5) is 5.69 Å². The number of aryl methyl sites for hydroxylation is 1. The lowest BCUT2D eigenvalue weighted by atomic mass is 10.2. The number of phenolic OH excluding ortho intramolecular Hbond substituents is 1. The number of phenols is 1. The molecule has 0 fully saturated rings. The van der Waals surface area contributed by atoms with Gasteiger partial charge in [-0.25, -0.2) is 0 Å². The Labute approximate surface area is 177 Å². The molecule has 152 valence electrons. The number of nitrogens with one attached hydrogen (secondary N) is 1. The molecule has 4 aromatic rings. The van der Waals surface area contributed by atoms with Crippen molar-refractivity contribution >= 4 is 34.3 Å². The second-order valence-electron chi connectivity index (χ2n) is 6.71. The third-order valence-corrected chi connectivity index (χ3v) is 5.40. The Kier molecular flexibility index (Phi) is 5.58. The third kappa shape index (κ3) is 4.08. The average Bonchev–Trinajstić information content (AvgIpc) is 3.33. The molecule has 0 atom stereocenters. The van der Waals surface area contributed by atoms with Crippen molar-refractivity contribution < 1.29 is 14.3 Å². The number of para-hydroxylation sites is 1. The number of furan rings is 1. The number of aromatic nitrogens is 3. The van der Waals surface area contributed by atoms with E-state index in [0.717, 1.165) is 16.5 Å². The molecule has 0 aliphatic rings. The number of aromatic hydroxyl groups is 1. The van der Waals surface area contributed by atoms with Crippen molar-refractivity contribution in [2.75, 3.05) is 11.1 Å². The molecule has 0 saturated carbocycles. The van der Waals surface area contributed by atoms with E-state index in [0.29, 0.717) is 29.0 Å². The van der Waals surface area contributed by atoms with Crippen LogP contribution in [0.25, 0.3) is 22.6 Å². The smallest absolute Gasteiger partial charge is 0.234 e. The highest BCUT2D eigenvalue weighted by molar-refractivity contribution is 7.99. The summed E-state index contributed by atoms with van der Waals surface area (Å²) in [5, 5.41) is 22.7. The maximum Gasteiger partial charge on any atom is 0.234 e. The number of hydrogen-bond acceptors (Lipinski definition) is 6. The molecule has 2 aromatic carbocycles. The summed E-state index contributed by atoms with van der Waals surface area (Å²) in [6.07, 6.45) is 1.74. The van der Waals surface area contributed by atoms with Gasteiger partial charge in [0, 0.05) is 11.9 Å². The number of benzene rings is 2. The summed E-state index contributed by atoms with van der Waals surface area (Å²) in [7, 11) is 0. The molecule has 30 heavy (non-hydrogen) atoms. The second kappa shape index (κ2) is 8.46. The first kappa shape index (κ1) is 19.8. The summed E-state index contributed by atoms with van der Waals surface area (Å²) in [6.45, 7) is 6.16. The number of thioether (sulfide) groups is 1. The van der Waals surface area contributed by atoms with Gasteiger partial charge < -0.3 is 14.8 Å². The first-order chi connectivity index (χ1) is 14.5. The van der Waals surface area contributed by atoms with Gasteiger partial charge in [0.05, 0.1) is 11.4 Å². The van der Waals surface area contributed by atoms with Crippen molar-refractivity contribution in [3.05, 3.63) is 66.7 Å². The van der Waals surface area contributed by atoms with Crippen LogP contribution >= 0.6 is 11.8 Å². The predicted octanol–water partition coefficient (Wildman–Crippen LogP) is 4.62. The molecular weight excluding hydrogens is 400 g/mol. The number of fused-ring (bicyclic) bond motifs is 1. The van der Waals surface area contributed by atoms with E-state index in [1.807, 2.05) is 41.8 Å². The number of amides is 1. The predicted molar refractivity (Wildman–Crippen MR) is 118 cm³/mol. The maximum atomic E-state index is 12.4. The largest absolute Gasteiger partial charge is 0.506 e. The molecule has 0 radical (unpaired) electrons. The highest BCUT2D eigenvalue weighted by Gasteiger charge is 2.18. The molecule has 4 rings (SSSR count). The molecular formula is C22H20N4O3S. The normalized spacial score (nSPS) is 11.0. The van der Waals surface area contributed by atoms with Crippen LogP contribution in [-0.2, 0) is 11.3 Å². The van der Waals surface area contributed by atoms with Crippen molar-refractivity contribution in [3.63, 3.8) is 0 Å². The van der Waals surface area contributed by atoms with Crippen LogP contribution < -0.4 is 5.32 Å². The zero-order chi connectivity index (χ0) is 21.1. The fourth-order valence-electron chi connectivity index (χ4n) is 3.03. The average molecular weight is 420 g/mol. The highest BCUT2D eigenvalue weighted by Crippen LogP contribution is 2.30. The first-order valence-electron chi connectivity index (χ1n) is 9.30. The first-order valence-corrected chi connectivity index (χ1v) is 10.3. The Hall–Kier alpha value is -3.52. The summed E-state index contributed by atoms with van der Waals surface area (Å²) in [6, 6.07) is 14.7. The fraction of sp³-hybridized carbons (Fsp3) is 0.136. The van der Waals surface area contributed by atoms with Crippen molar-refractivity contribution in [2.24, 2.45) is 0 Å². The van der Waals surface area contributed by atoms with Gasteiger partial charge in [-0.3, -0.25) is 9.36 Å². The number of carbonyl (C=O) groups excluding carboxylic acids is 1. The van der Waals surface area contributed by atoms with E-state index in [9.17, 15) is 9.90 Å². The summed E-state index contributed by atoms with van der Waals surface area (Å²) in [5.74, 6) is 1.07. The Bertz CT molecular complexity index is 1200. The Balaban J connectivity index is 1.52. The number of hydrogen-bond donors (Lipinski definition) is 2. The van der Waals surface area contributed by atoms with Gasteiger partial charge in [-0.15, -0.1) is 16.8 Å². The molecule has 8 heteroatoms. The molecule has 2 heterocycles. The van der Waals surface area contributed by atoms with Crippen LogP contribution in [0.1, 0.15) is 5.56 Å². The number of nitrogens with zero attached hydrogens (tertiary/aromatic N) is 3. The number of carbonyl (C=O) groups is 1. The molecule has 0 spiro atoms. The summed E-state index contributed by atoms with van der Waals surface area (Å²) < 4.78 is 7.76. The topological polar surface area (TPSA) is 93.2 Å². The van der Waals surface area contributed by atoms with Gasteiger partial charge in [-0.2, -0.15) is 0 Å². The molecule has 1 amide bonds. The quantitative estimate of drug-likeness (QED) is 0.257. The molecule has 0 saturated heterocycles. The van der Waals surface area contributed by atoms with E-state index in [-0.39, 0.29) is 17.4 Å². The van der Waals surface area contributed by atoms with E-state index < -0.39 is 0 Å². The third-order valence-electron chi connectivity index (χ3n) is 4.43. The molecule has 0 unspecified atom stereocenters.